The Morgan fingerprint density at radius 1 is 1.30 bits per heavy atom. The van der Waals surface area contributed by atoms with Crippen LogP contribution in [-0.2, 0) is 20.1 Å². The summed E-state index contributed by atoms with van der Waals surface area (Å²) in [5.74, 6) is 1.65. The van der Waals surface area contributed by atoms with Crippen LogP contribution in [0.5, 0.6) is 5.75 Å². The van der Waals surface area contributed by atoms with E-state index in [-0.39, 0.29) is 18.0 Å². The molecule has 0 bridgehead atoms. The van der Waals surface area contributed by atoms with Crippen molar-refractivity contribution in [3.05, 3.63) is 56.8 Å². The van der Waals surface area contributed by atoms with Gasteiger partial charge in [-0.15, -0.1) is 0 Å². The van der Waals surface area contributed by atoms with Crippen molar-refractivity contribution in [1.29, 1.82) is 0 Å². The summed E-state index contributed by atoms with van der Waals surface area (Å²) in [4.78, 5) is 32.9. The number of imidazole rings is 1. The van der Waals surface area contributed by atoms with Crippen molar-refractivity contribution >= 4 is 22.8 Å². The number of benzene rings is 1. The Morgan fingerprint density at radius 2 is 2.03 bits per heavy atom. The first-order valence-electron chi connectivity index (χ1n) is 9.99. The number of hydrogen-bond donors (Lipinski definition) is 0. The number of allylic oxidation sites excluding steroid dienone is 1. The second-order valence-corrected chi connectivity index (χ2v) is 8.28. The number of aryl methyl sites for hydroxylation is 2. The van der Waals surface area contributed by atoms with Crippen molar-refractivity contribution in [2.45, 2.75) is 33.9 Å². The topological polar surface area (TPSA) is 74.3 Å². The van der Waals surface area contributed by atoms with Crippen LogP contribution in [0.4, 0.5) is 11.6 Å². The van der Waals surface area contributed by atoms with E-state index in [1.54, 1.807) is 21.1 Å². The number of anilines is 2. The van der Waals surface area contributed by atoms with Crippen molar-refractivity contribution in [3.63, 3.8) is 0 Å². The lowest BCUT2D eigenvalue weighted by atomic mass is 10.1. The number of aromatic nitrogens is 4. The molecule has 3 aromatic rings. The minimum atomic E-state index is -0.390. The lowest BCUT2D eigenvalue weighted by molar-refractivity contribution is 0.409. The van der Waals surface area contributed by atoms with Gasteiger partial charge in [-0.05, 0) is 37.5 Å². The molecule has 0 saturated carbocycles. The summed E-state index contributed by atoms with van der Waals surface area (Å²) < 4.78 is 10.2. The van der Waals surface area contributed by atoms with E-state index in [2.05, 4.69) is 24.5 Å². The van der Waals surface area contributed by atoms with E-state index < -0.39 is 5.69 Å². The molecule has 1 aliphatic rings. The highest BCUT2D eigenvalue weighted by molar-refractivity contribution is 5.78. The minimum absolute atomic E-state index is 0.187. The third-order valence-electron chi connectivity index (χ3n) is 5.50. The summed E-state index contributed by atoms with van der Waals surface area (Å²) in [6.45, 7) is 11.4. The zero-order valence-electron chi connectivity index (χ0n) is 18.1. The second-order valence-electron chi connectivity index (χ2n) is 8.28. The zero-order valence-corrected chi connectivity index (χ0v) is 18.1. The molecule has 0 N–H and O–H groups in total. The molecule has 1 aromatic carbocycles. The average Bonchev–Trinajstić information content (AvgIpc) is 3.08. The van der Waals surface area contributed by atoms with E-state index >= 15 is 0 Å². The summed E-state index contributed by atoms with van der Waals surface area (Å²) in [7, 11) is 3.30. The number of hydrogen-bond acceptors (Lipinski definition) is 5. The Balaban J connectivity index is 2.03. The fourth-order valence-electron chi connectivity index (χ4n) is 4.13. The van der Waals surface area contributed by atoms with Crippen LogP contribution in [0.3, 0.4) is 0 Å². The predicted octanol–water partition coefficient (Wildman–Crippen LogP) is 2.58. The van der Waals surface area contributed by atoms with E-state index in [4.69, 9.17) is 9.72 Å². The number of rotatable bonds is 4. The van der Waals surface area contributed by atoms with Crippen molar-refractivity contribution in [2.24, 2.45) is 13.0 Å². The van der Waals surface area contributed by atoms with E-state index in [0.29, 0.717) is 23.7 Å². The molecule has 0 aliphatic carbocycles. The van der Waals surface area contributed by atoms with Crippen molar-refractivity contribution in [3.8, 4) is 5.75 Å². The van der Waals surface area contributed by atoms with Gasteiger partial charge in [-0.2, -0.15) is 4.98 Å². The smallest absolute Gasteiger partial charge is 0.332 e. The largest absolute Gasteiger partial charge is 0.495 e. The van der Waals surface area contributed by atoms with Crippen LogP contribution in [0.15, 0.2) is 39.9 Å². The van der Waals surface area contributed by atoms with Gasteiger partial charge in [0.05, 0.1) is 19.3 Å². The lowest BCUT2D eigenvalue weighted by Gasteiger charge is -2.33. The Hall–Kier alpha value is -3.29. The van der Waals surface area contributed by atoms with Crippen molar-refractivity contribution in [2.75, 3.05) is 18.6 Å². The highest BCUT2D eigenvalue weighted by atomic mass is 16.5. The van der Waals surface area contributed by atoms with Gasteiger partial charge in [0, 0.05) is 20.1 Å². The Morgan fingerprint density at radius 3 is 2.70 bits per heavy atom. The van der Waals surface area contributed by atoms with Gasteiger partial charge in [0.25, 0.3) is 5.56 Å². The van der Waals surface area contributed by atoms with Crippen LogP contribution in [0.2, 0.25) is 0 Å². The predicted molar refractivity (Wildman–Crippen MR) is 118 cm³/mol. The minimum Gasteiger partial charge on any atom is -0.495 e. The van der Waals surface area contributed by atoms with Crippen LogP contribution in [0.1, 0.15) is 19.4 Å². The van der Waals surface area contributed by atoms with Gasteiger partial charge < -0.3 is 14.2 Å². The van der Waals surface area contributed by atoms with Crippen LogP contribution in [-0.4, -0.2) is 32.3 Å². The molecule has 30 heavy (non-hydrogen) atoms. The maximum Gasteiger partial charge on any atom is 0.332 e. The summed E-state index contributed by atoms with van der Waals surface area (Å²) >= 11 is 0. The molecule has 0 saturated heterocycles. The van der Waals surface area contributed by atoms with Gasteiger partial charge in [0.15, 0.2) is 11.2 Å². The van der Waals surface area contributed by atoms with Gasteiger partial charge in [-0.3, -0.25) is 13.9 Å². The molecule has 1 atom stereocenters. The number of nitrogens with zero attached hydrogens (tertiary/aromatic N) is 5. The first-order valence-corrected chi connectivity index (χ1v) is 9.99. The van der Waals surface area contributed by atoms with Crippen LogP contribution >= 0.6 is 0 Å². The molecule has 8 heteroatoms. The average molecular weight is 409 g/mol. The third kappa shape index (κ3) is 3.03. The van der Waals surface area contributed by atoms with Crippen LogP contribution in [0.25, 0.3) is 11.2 Å². The molecule has 0 spiro atoms. The summed E-state index contributed by atoms with van der Waals surface area (Å²) in [6, 6.07) is 5.99. The van der Waals surface area contributed by atoms with Gasteiger partial charge in [-0.25, -0.2) is 4.79 Å². The maximum absolute atomic E-state index is 13.3. The molecule has 8 nitrogen and oxygen atoms in total. The van der Waals surface area contributed by atoms with Gasteiger partial charge in [-0.1, -0.05) is 25.1 Å². The van der Waals surface area contributed by atoms with Gasteiger partial charge >= 0.3 is 5.69 Å². The van der Waals surface area contributed by atoms with Gasteiger partial charge in [0.1, 0.15) is 5.75 Å². The fraction of sp³-hybridized carbons (Fsp3) is 0.409. The Kier molecular flexibility index (Phi) is 4.80. The molecule has 3 heterocycles. The number of ether oxygens (including phenoxy) is 1. The van der Waals surface area contributed by atoms with Crippen LogP contribution < -0.4 is 20.9 Å². The first-order chi connectivity index (χ1) is 14.2. The molecule has 0 radical (unpaired) electrons. The first kappa shape index (κ1) is 20.0. The molecule has 4 rings (SSSR count). The van der Waals surface area contributed by atoms with E-state index in [9.17, 15) is 9.59 Å². The fourth-order valence-corrected chi connectivity index (χ4v) is 4.13. The highest BCUT2D eigenvalue weighted by Gasteiger charge is 2.31. The standard InChI is InChI=1S/C22H27N5O3/c1-13(2)10-27-20(28)18-19(24(5)22(27)29)23-21-25(11-15(4)12-26(18)21)16-9-14(3)7-8-17(16)30-6/h7-9,15H,1,10-12H2,2-6H3/t15-/m0/s1. The van der Waals surface area contributed by atoms with Gasteiger partial charge in [0.2, 0.25) is 5.95 Å². The van der Waals surface area contributed by atoms with E-state index in [1.807, 2.05) is 23.6 Å². The molecule has 158 valence electrons. The summed E-state index contributed by atoms with van der Waals surface area (Å²) in [5, 5.41) is 0. The SMILES string of the molecule is C=C(C)Cn1c(=O)c2c(nc3n2C[C@@H](C)CN3c2cc(C)ccc2OC)n(C)c1=O. The lowest BCUT2D eigenvalue weighted by Crippen LogP contribution is -2.40. The molecule has 0 unspecified atom stereocenters. The molecule has 2 aromatic heterocycles. The second kappa shape index (κ2) is 7.19. The molecular formula is C22H27N5O3. The molecule has 1 aliphatic heterocycles. The summed E-state index contributed by atoms with van der Waals surface area (Å²) in [5.41, 5.74) is 2.85. The molecule has 0 amide bonds. The van der Waals surface area contributed by atoms with E-state index in [1.165, 1.54) is 9.13 Å². The monoisotopic (exact) mass is 409 g/mol. The molecule has 0 fully saturated rings. The van der Waals surface area contributed by atoms with Crippen LogP contribution in [0, 0.1) is 12.8 Å². The Labute approximate surface area is 174 Å². The number of methoxy groups -OCH3 is 1. The van der Waals surface area contributed by atoms with Crippen molar-refractivity contribution in [1.82, 2.24) is 18.7 Å². The highest BCUT2D eigenvalue weighted by Crippen LogP contribution is 2.38. The quantitative estimate of drug-likeness (QED) is 0.619. The normalized spacial score (nSPS) is 16.0. The number of fused-ring (bicyclic) bond motifs is 3. The molecular weight excluding hydrogens is 382 g/mol. The maximum atomic E-state index is 13.3. The Bertz CT molecular complexity index is 1280. The van der Waals surface area contributed by atoms with Crippen molar-refractivity contribution < 1.29 is 4.74 Å². The summed E-state index contributed by atoms with van der Waals surface area (Å²) in [6.07, 6.45) is 0. The third-order valence-corrected chi connectivity index (χ3v) is 5.50. The zero-order chi connectivity index (χ0) is 21.7. The van der Waals surface area contributed by atoms with E-state index in [0.717, 1.165) is 29.1 Å².